The van der Waals surface area contributed by atoms with E-state index in [2.05, 4.69) is 16.4 Å². The molecule has 7 nitrogen and oxygen atoms in total. The lowest BCUT2D eigenvalue weighted by molar-refractivity contribution is 0.0235. The van der Waals surface area contributed by atoms with Crippen LogP contribution in [-0.4, -0.2) is 46.1 Å². The molecule has 0 unspecified atom stereocenters. The van der Waals surface area contributed by atoms with Crippen molar-refractivity contribution < 1.29 is 14.3 Å². The Morgan fingerprint density at radius 2 is 1.97 bits per heavy atom. The Kier molecular flexibility index (Phi) is 6.06. The van der Waals surface area contributed by atoms with Gasteiger partial charge in [0.15, 0.2) is 0 Å². The highest BCUT2D eigenvalue weighted by atomic mass is 16.6. The normalized spacial score (nSPS) is 18.6. The van der Waals surface area contributed by atoms with Crippen LogP contribution in [0.15, 0.2) is 42.6 Å². The molecule has 1 aliphatic rings. The summed E-state index contributed by atoms with van der Waals surface area (Å²) in [5.74, 6) is -0.295. The first-order chi connectivity index (χ1) is 14.2. The zero-order valence-corrected chi connectivity index (χ0v) is 17.7. The molecule has 30 heavy (non-hydrogen) atoms. The average Bonchev–Trinajstić information content (AvgIpc) is 3.07. The zero-order valence-electron chi connectivity index (χ0n) is 17.7. The van der Waals surface area contributed by atoms with E-state index in [0.29, 0.717) is 24.2 Å². The van der Waals surface area contributed by atoms with Crippen LogP contribution < -0.4 is 5.32 Å². The summed E-state index contributed by atoms with van der Waals surface area (Å²) in [6, 6.07) is 12.6. The molecular weight excluding hydrogens is 380 g/mol. The number of benzene rings is 1. The van der Waals surface area contributed by atoms with Crippen LogP contribution in [0, 0.1) is 11.3 Å². The van der Waals surface area contributed by atoms with E-state index in [-0.39, 0.29) is 24.1 Å². The highest BCUT2D eigenvalue weighted by Crippen LogP contribution is 2.23. The van der Waals surface area contributed by atoms with Crippen LogP contribution in [0.25, 0.3) is 11.1 Å². The number of aromatic nitrogens is 1. The van der Waals surface area contributed by atoms with E-state index in [1.807, 2.05) is 33.8 Å². The number of carbonyl (C=O) groups is 2. The zero-order chi connectivity index (χ0) is 21.9. The molecule has 7 heteroatoms. The molecule has 1 aromatic carbocycles. The van der Waals surface area contributed by atoms with Gasteiger partial charge in [-0.15, -0.1) is 0 Å². The van der Waals surface area contributed by atoms with Gasteiger partial charge >= 0.3 is 6.09 Å². The van der Waals surface area contributed by atoms with Gasteiger partial charge in [-0.05, 0) is 69.5 Å². The van der Waals surface area contributed by atoms with E-state index >= 15 is 0 Å². The molecule has 3 rings (SSSR count). The maximum absolute atomic E-state index is 12.8. The molecule has 0 aliphatic carbocycles. The quantitative estimate of drug-likeness (QED) is 0.838. The molecule has 2 amide bonds. The highest BCUT2D eigenvalue weighted by molar-refractivity contribution is 5.93. The second-order valence-corrected chi connectivity index (χ2v) is 8.51. The van der Waals surface area contributed by atoms with Crippen LogP contribution in [0.4, 0.5) is 4.79 Å². The van der Waals surface area contributed by atoms with Crippen LogP contribution in [0.1, 0.15) is 50.2 Å². The topological polar surface area (TPSA) is 95.3 Å². The smallest absolute Gasteiger partial charge is 0.410 e. The van der Waals surface area contributed by atoms with Crippen molar-refractivity contribution in [3.63, 3.8) is 0 Å². The van der Waals surface area contributed by atoms with Gasteiger partial charge in [0.25, 0.3) is 5.91 Å². The van der Waals surface area contributed by atoms with Crippen molar-refractivity contribution in [2.75, 3.05) is 6.54 Å². The molecule has 0 saturated carbocycles. The van der Waals surface area contributed by atoms with E-state index in [0.717, 1.165) is 11.1 Å². The van der Waals surface area contributed by atoms with Crippen molar-refractivity contribution in [2.24, 2.45) is 0 Å². The van der Waals surface area contributed by atoms with Gasteiger partial charge in [0, 0.05) is 24.8 Å². The van der Waals surface area contributed by atoms with Gasteiger partial charge in [-0.1, -0.05) is 12.1 Å². The van der Waals surface area contributed by atoms with E-state index < -0.39 is 5.60 Å². The summed E-state index contributed by atoms with van der Waals surface area (Å²) in [4.78, 5) is 31.0. The summed E-state index contributed by atoms with van der Waals surface area (Å²) in [5, 5.41) is 12.1. The molecular formula is C23H26N4O3. The number of hydrogen-bond acceptors (Lipinski definition) is 5. The lowest BCUT2D eigenvalue weighted by Gasteiger charge is -2.26. The lowest BCUT2D eigenvalue weighted by atomic mass is 10.0. The highest BCUT2D eigenvalue weighted by Gasteiger charge is 2.35. The Morgan fingerprint density at radius 1 is 1.23 bits per heavy atom. The Hall–Kier alpha value is -3.40. The number of nitriles is 1. The number of rotatable bonds is 3. The number of nitrogens with zero attached hydrogens (tertiary/aromatic N) is 3. The van der Waals surface area contributed by atoms with Gasteiger partial charge < -0.3 is 15.0 Å². The molecule has 156 valence electrons. The maximum atomic E-state index is 12.8. The largest absolute Gasteiger partial charge is 0.444 e. The number of hydrogen-bond donors (Lipinski definition) is 1. The van der Waals surface area contributed by atoms with Crippen molar-refractivity contribution in [3.05, 3.63) is 53.9 Å². The first-order valence-electron chi connectivity index (χ1n) is 9.93. The van der Waals surface area contributed by atoms with Crippen LogP contribution in [0.5, 0.6) is 0 Å². The number of likely N-dealkylation sites (tertiary alicyclic amines) is 1. The van der Waals surface area contributed by atoms with Gasteiger partial charge in [-0.2, -0.15) is 5.26 Å². The van der Waals surface area contributed by atoms with Crippen molar-refractivity contribution >= 4 is 12.0 Å². The molecule has 2 aromatic rings. The Morgan fingerprint density at radius 3 is 2.67 bits per heavy atom. The van der Waals surface area contributed by atoms with Gasteiger partial charge in [0.2, 0.25) is 0 Å². The predicted molar refractivity (Wildman–Crippen MR) is 113 cm³/mol. The fourth-order valence-corrected chi connectivity index (χ4v) is 3.47. The van der Waals surface area contributed by atoms with E-state index in [9.17, 15) is 9.59 Å². The summed E-state index contributed by atoms with van der Waals surface area (Å²) in [5.41, 5.74) is 1.93. The van der Waals surface area contributed by atoms with Crippen molar-refractivity contribution in [2.45, 2.75) is 51.8 Å². The minimum absolute atomic E-state index is 0.0295. The number of pyridine rings is 1. The number of nitrogens with one attached hydrogen (secondary N) is 1. The van der Waals surface area contributed by atoms with Gasteiger partial charge in [-0.3, -0.25) is 9.78 Å². The summed E-state index contributed by atoms with van der Waals surface area (Å²) >= 11 is 0. The molecule has 1 saturated heterocycles. The third kappa shape index (κ3) is 5.15. The molecule has 1 N–H and O–H groups in total. The SMILES string of the molecule is C[C@@H]1C[C@@H](NC(=O)c2cc(-c3cccc(C#N)c3)ccn2)CN1C(=O)OC(C)(C)C. The summed E-state index contributed by atoms with van der Waals surface area (Å²) in [7, 11) is 0. The first kappa shape index (κ1) is 21.3. The maximum Gasteiger partial charge on any atom is 0.410 e. The van der Waals surface area contributed by atoms with E-state index in [4.69, 9.17) is 10.00 Å². The average molecular weight is 406 g/mol. The van der Waals surface area contributed by atoms with Gasteiger partial charge in [0.05, 0.1) is 11.6 Å². The van der Waals surface area contributed by atoms with Crippen molar-refractivity contribution in [1.29, 1.82) is 5.26 Å². The monoisotopic (exact) mass is 406 g/mol. The molecule has 1 aromatic heterocycles. The third-order valence-corrected chi connectivity index (χ3v) is 4.86. The second-order valence-electron chi connectivity index (χ2n) is 8.51. The number of amides is 2. The second kappa shape index (κ2) is 8.54. The van der Waals surface area contributed by atoms with Crippen LogP contribution in [0.2, 0.25) is 0 Å². The molecule has 0 spiro atoms. The molecule has 2 heterocycles. The predicted octanol–water partition coefficient (Wildman–Crippen LogP) is 3.75. The number of ether oxygens (including phenoxy) is 1. The Labute approximate surface area is 176 Å². The Bertz CT molecular complexity index is 990. The summed E-state index contributed by atoms with van der Waals surface area (Å²) in [6.07, 6.45) is 1.85. The first-order valence-corrected chi connectivity index (χ1v) is 9.93. The number of carbonyl (C=O) groups excluding carboxylic acids is 2. The minimum atomic E-state index is -0.564. The molecule has 0 radical (unpaired) electrons. The minimum Gasteiger partial charge on any atom is -0.444 e. The molecule has 0 bridgehead atoms. The summed E-state index contributed by atoms with van der Waals surface area (Å²) in [6.45, 7) is 7.82. The van der Waals surface area contributed by atoms with Crippen LogP contribution in [-0.2, 0) is 4.74 Å². The molecule has 1 fully saturated rings. The van der Waals surface area contributed by atoms with Crippen LogP contribution in [0.3, 0.4) is 0 Å². The van der Waals surface area contributed by atoms with E-state index in [1.54, 1.807) is 41.4 Å². The van der Waals surface area contributed by atoms with Gasteiger partial charge in [-0.25, -0.2) is 4.79 Å². The van der Waals surface area contributed by atoms with Crippen molar-refractivity contribution in [1.82, 2.24) is 15.2 Å². The third-order valence-electron chi connectivity index (χ3n) is 4.86. The fourth-order valence-electron chi connectivity index (χ4n) is 3.47. The molecule has 2 atom stereocenters. The van der Waals surface area contributed by atoms with Crippen molar-refractivity contribution in [3.8, 4) is 17.2 Å². The lowest BCUT2D eigenvalue weighted by Crippen LogP contribution is -2.41. The van der Waals surface area contributed by atoms with Gasteiger partial charge in [0.1, 0.15) is 11.3 Å². The fraction of sp³-hybridized carbons (Fsp3) is 0.391. The standard InChI is InChI=1S/C23H26N4O3/c1-15-10-19(14-27(15)22(29)30-23(2,3)4)26-21(28)20-12-18(8-9-25-20)17-7-5-6-16(11-17)13-24/h5-9,11-12,15,19H,10,14H2,1-4H3,(H,26,28)/t15-,19-/m1/s1. The van der Waals surface area contributed by atoms with E-state index in [1.165, 1.54) is 0 Å². The van der Waals surface area contributed by atoms with Crippen LogP contribution >= 0.6 is 0 Å². The summed E-state index contributed by atoms with van der Waals surface area (Å²) < 4.78 is 5.45. The molecule has 1 aliphatic heterocycles. The Balaban J connectivity index is 1.68.